The van der Waals surface area contributed by atoms with Crippen LogP contribution in [0.15, 0.2) is 48.5 Å². The topological polar surface area (TPSA) is 62.4 Å². The summed E-state index contributed by atoms with van der Waals surface area (Å²) >= 11 is 4.97. The molecule has 0 saturated carbocycles. The smallest absolute Gasteiger partial charge is 0.373 e. The normalized spacial score (nSPS) is 16.0. The van der Waals surface area contributed by atoms with E-state index >= 15 is 0 Å². The molecule has 1 atom stereocenters. The molecule has 3 rings (SSSR count). The minimum absolute atomic E-state index is 0.0613. The van der Waals surface area contributed by atoms with Gasteiger partial charge in [0.15, 0.2) is 5.11 Å². The predicted molar refractivity (Wildman–Crippen MR) is 102 cm³/mol. The van der Waals surface area contributed by atoms with Gasteiger partial charge in [-0.2, -0.15) is 13.2 Å². The van der Waals surface area contributed by atoms with Crippen molar-refractivity contribution in [3.63, 3.8) is 0 Å². The van der Waals surface area contributed by atoms with E-state index in [0.717, 1.165) is 23.6 Å². The molecule has 2 aromatic rings. The van der Waals surface area contributed by atoms with Gasteiger partial charge in [0.2, 0.25) is 5.91 Å². The van der Waals surface area contributed by atoms with Crippen LogP contribution in [0.25, 0.3) is 0 Å². The Balaban J connectivity index is 1.54. The fourth-order valence-corrected chi connectivity index (χ4v) is 3.15. The summed E-state index contributed by atoms with van der Waals surface area (Å²) in [6, 6.07) is 12.7. The summed E-state index contributed by atoms with van der Waals surface area (Å²) in [5.74, 6) is -0.394. The van der Waals surface area contributed by atoms with Gasteiger partial charge >= 0.3 is 6.18 Å². The molecule has 148 valence electrons. The van der Waals surface area contributed by atoms with Gasteiger partial charge in [0, 0.05) is 0 Å². The quantitative estimate of drug-likeness (QED) is 0.533. The molecular weight excluding hydrogens is 391 g/mol. The number of hydrazine groups is 1. The molecule has 1 heterocycles. The van der Waals surface area contributed by atoms with Crippen LogP contribution < -0.4 is 16.2 Å². The Labute approximate surface area is 165 Å². The standard InChI is InChI=1S/C19H18F3N3O2S/c20-19(21,22)14-7-3-4-8-15(14)23-18(28)25-24-17(26)11-16-13-6-2-1-5-12(13)9-10-27-16/h1-8,16H,9-11H2,(H,24,26)(H2,23,25,28). The second kappa shape index (κ2) is 8.57. The zero-order valence-electron chi connectivity index (χ0n) is 14.7. The number of rotatable bonds is 3. The molecule has 1 aliphatic rings. The first-order chi connectivity index (χ1) is 13.3. The summed E-state index contributed by atoms with van der Waals surface area (Å²) in [6.07, 6.45) is -4.04. The Hall–Kier alpha value is -2.65. The molecule has 1 amide bonds. The third kappa shape index (κ3) is 4.99. The van der Waals surface area contributed by atoms with Gasteiger partial charge < -0.3 is 10.1 Å². The van der Waals surface area contributed by atoms with Crippen LogP contribution in [0.4, 0.5) is 18.9 Å². The highest BCUT2D eigenvalue weighted by atomic mass is 32.1. The van der Waals surface area contributed by atoms with Crippen molar-refractivity contribution < 1.29 is 22.7 Å². The minimum atomic E-state index is -4.52. The molecular formula is C19H18F3N3O2S. The lowest BCUT2D eigenvalue weighted by molar-refractivity contribution is -0.137. The van der Waals surface area contributed by atoms with E-state index in [1.807, 2.05) is 24.3 Å². The molecule has 2 aromatic carbocycles. The number of hydrogen-bond acceptors (Lipinski definition) is 3. The third-order valence-corrected chi connectivity index (χ3v) is 4.46. The highest BCUT2D eigenvalue weighted by molar-refractivity contribution is 7.80. The maximum Gasteiger partial charge on any atom is 0.418 e. The molecule has 0 aromatic heterocycles. The maximum absolute atomic E-state index is 13.0. The average molecular weight is 409 g/mol. The molecule has 1 unspecified atom stereocenters. The van der Waals surface area contributed by atoms with E-state index in [9.17, 15) is 18.0 Å². The van der Waals surface area contributed by atoms with Gasteiger partial charge in [-0.05, 0) is 41.9 Å². The molecule has 0 bridgehead atoms. The van der Waals surface area contributed by atoms with E-state index in [1.54, 1.807) is 0 Å². The maximum atomic E-state index is 13.0. The van der Waals surface area contributed by atoms with Crippen LogP contribution in [0.3, 0.4) is 0 Å². The zero-order chi connectivity index (χ0) is 20.1. The number of alkyl halides is 3. The van der Waals surface area contributed by atoms with Gasteiger partial charge in [0.05, 0.1) is 30.4 Å². The van der Waals surface area contributed by atoms with Gasteiger partial charge in [0.25, 0.3) is 0 Å². The minimum Gasteiger partial charge on any atom is -0.373 e. The van der Waals surface area contributed by atoms with Gasteiger partial charge in [-0.1, -0.05) is 36.4 Å². The van der Waals surface area contributed by atoms with E-state index in [4.69, 9.17) is 17.0 Å². The van der Waals surface area contributed by atoms with Crippen LogP contribution in [0.1, 0.15) is 29.2 Å². The van der Waals surface area contributed by atoms with E-state index in [-0.39, 0.29) is 23.3 Å². The Bertz CT molecular complexity index is 873. The van der Waals surface area contributed by atoms with E-state index in [0.29, 0.717) is 6.61 Å². The molecule has 0 fully saturated rings. The van der Waals surface area contributed by atoms with Crippen molar-refractivity contribution in [3.05, 3.63) is 65.2 Å². The number of para-hydroxylation sites is 1. The molecule has 3 N–H and O–H groups in total. The van der Waals surface area contributed by atoms with Crippen LogP contribution in [0.2, 0.25) is 0 Å². The zero-order valence-corrected chi connectivity index (χ0v) is 15.5. The Morgan fingerprint density at radius 3 is 2.61 bits per heavy atom. The molecule has 0 radical (unpaired) electrons. The Morgan fingerprint density at radius 1 is 1.11 bits per heavy atom. The van der Waals surface area contributed by atoms with Crippen molar-refractivity contribution >= 4 is 28.9 Å². The molecule has 0 spiro atoms. The number of ether oxygens (including phenoxy) is 1. The summed E-state index contributed by atoms with van der Waals surface area (Å²) in [5, 5.41) is 2.29. The number of halogens is 3. The monoisotopic (exact) mass is 409 g/mol. The summed E-state index contributed by atoms with van der Waals surface area (Å²) in [5.41, 5.74) is 5.86. The highest BCUT2D eigenvalue weighted by Crippen LogP contribution is 2.34. The van der Waals surface area contributed by atoms with Gasteiger partial charge in [0.1, 0.15) is 0 Å². The van der Waals surface area contributed by atoms with E-state index in [2.05, 4.69) is 16.2 Å². The van der Waals surface area contributed by atoms with Crippen LogP contribution in [-0.4, -0.2) is 17.6 Å². The second-order valence-corrected chi connectivity index (χ2v) is 6.59. The van der Waals surface area contributed by atoms with Crippen LogP contribution in [0.5, 0.6) is 0 Å². The number of thiocarbonyl (C=S) groups is 1. The number of fused-ring (bicyclic) bond motifs is 1. The average Bonchev–Trinajstić information content (AvgIpc) is 2.66. The lowest BCUT2D eigenvalue weighted by Crippen LogP contribution is -2.44. The van der Waals surface area contributed by atoms with Crippen molar-refractivity contribution in [1.29, 1.82) is 0 Å². The van der Waals surface area contributed by atoms with Gasteiger partial charge in [-0.3, -0.25) is 15.6 Å². The predicted octanol–water partition coefficient (Wildman–Crippen LogP) is 3.73. The van der Waals surface area contributed by atoms with Crippen molar-refractivity contribution in [3.8, 4) is 0 Å². The number of anilines is 1. The van der Waals surface area contributed by atoms with Gasteiger partial charge in [-0.15, -0.1) is 0 Å². The summed E-state index contributed by atoms with van der Waals surface area (Å²) in [6.45, 7) is 0.524. The summed E-state index contributed by atoms with van der Waals surface area (Å²) in [7, 11) is 0. The number of carbonyl (C=O) groups excluding carboxylic acids is 1. The molecule has 1 aliphatic heterocycles. The molecule has 0 saturated heterocycles. The highest BCUT2D eigenvalue weighted by Gasteiger charge is 2.33. The Kier molecular flexibility index (Phi) is 6.15. The largest absolute Gasteiger partial charge is 0.418 e. The Morgan fingerprint density at radius 2 is 1.82 bits per heavy atom. The van der Waals surface area contributed by atoms with Crippen molar-refractivity contribution in [1.82, 2.24) is 10.9 Å². The van der Waals surface area contributed by atoms with Gasteiger partial charge in [-0.25, -0.2) is 0 Å². The lowest BCUT2D eigenvalue weighted by Gasteiger charge is -2.25. The molecule has 9 heteroatoms. The fraction of sp³-hybridized carbons (Fsp3) is 0.263. The SMILES string of the molecule is O=C(CC1OCCc2ccccc21)NNC(=S)Nc1ccccc1C(F)(F)F. The van der Waals surface area contributed by atoms with Crippen LogP contribution >= 0.6 is 12.2 Å². The second-order valence-electron chi connectivity index (χ2n) is 6.18. The van der Waals surface area contributed by atoms with Crippen molar-refractivity contribution in [2.75, 3.05) is 11.9 Å². The van der Waals surface area contributed by atoms with Crippen molar-refractivity contribution in [2.24, 2.45) is 0 Å². The number of carbonyl (C=O) groups is 1. The number of hydrogen-bond donors (Lipinski definition) is 3. The molecule has 0 aliphatic carbocycles. The van der Waals surface area contributed by atoms with Crippen LogP contribution in [0, 0.1) is 0 Å². The van der Waals surface area contributed by atoms with Crippen molar-refractivity contribution in [2.45, 2.75) is 25.1 Å². The summed E-state index contributed by atoms with van der Waals surface area (Å²) < 4.78 is 44.7. The first-order valence-electron chi connectivity index (χ1n) is 8.56. The van der Waals surface area contributed by atoms with Crippen LogP contribution in [-0.2, 0) is 22.1 Å². The lowest BCUT2D eigenvalue weighted by atomic mass is 9.96. The summed E-state index contributed by atoms with van der Waals surface area (Å²) in [4.78, 5) is 12.2. The fourth-order valence-electron chi connectivity index (χ4n) is 2.98. The molecule has 5 nitrogen and oxygen atoms in total. The first kappa shape index (κ1) is 20.1. The number of benzene rings is 2. The number of amides is 1. The third-order valence-electron chi connectivity index (χ3n) is 4.26. The molecule has 28 heavy (non-hydrogen) atoms. The van der Waals surface area contributed by atoms with E-state index < -0.39 is 17.6 Å². The number of nitrogens with one attached hydrogen (secondary N) is 3. The van der Waals surface area contributed by atoms with E-state index in [1.165, 1.54) is 18.2 Å². The first-order valence-corrected chi connectivity index (χ1v) is 8.97.